The zero-order valence-electron chi connectivity index (χ0n) is 30.6. The molecule has 0 radical (unpaired) electrons. The third kappa shape index (κ3) is 9.03. The number of carbonyl (C=O) groups excluding carboxylic acids is 2. The number of fused-ring (bicyclic) bond motifs is 2. The maximum Gasteiger partial charge on any atom is 0.321 e. The van der Waals surface area contributed by atoms with Crippen molar-refractivity contribution in [1.29, 1.82) is 0 Å². The Morgan fingerprint density at radius 2 is 1.85 bits per heavy atom. The van der Waals surface area contributed by atoms with Gasteiger partial charge in [0.1, 0.15) is 11.4 Å². The Kier molecular flexibility index (Phi) is 12.4. The van der Waals surface area contributed by atoms with Crippen molar-refractivity contribution in [2.45, 2.75) is 77.0 Å². The molecule has 0 fully saturated rings. The molecule has 0 unspecified atom stereocenters. The van der Waals surface area contributed by atoms with Crippen molar-refractivity contribution in [3.8, 4) is 5.75 Å². The third-order valence-electron chi connectivity index (χ3n) is 9.37. The van der Waals surface area contributed by atoms with E-state index in [9.17, 15) is 23.1 Å². The second-order valence-electron chi connectivity index (χ2n) is 13.6. The number of hydrogen-bond acceptors (Lipinski definition) is 9. The average Bonchev–Trinajstić information content (AvgIpc) is 3.47. The van der Waals surface area contributed by atoms with Crippen molar-refractivity contribution in [3.05, 3.63) is 77.7 Å². The van der Waals surface area contributed by atoms with Gasteiger partial charge in [-0.3, -0.25) is 9.52 Å². The van der Waals surface area contributed by atoms with E-state index >= 15 is 0 Å². The van der Waals surface area contributed by atoms with Crippen LogP contribution in [0.1, 0.15) is 61.8 Å². The molecule has 2 heterocycles. The fourth-order valence-electron chi connectivity index (χ4n) is 6.41. The van der Waals surface area contributed by atoms with Gasteiger partial charge < -0.3 is 34.2 Å². The van der Waals surface area contributed by atoms with E-state index in [4.69, 9.17) is 14.0 Å². The van der Waals surface area contributed by atoms with E-state index in [1.807, 2.05) is 56.3 Å². The summed E-state index contributed by atoms with van der Waals surface area (Å²) in [4.78, 5) is 31.0. The van der Waals surface area contributed by atoms with E-state index in [0.717, 1.165) is 23.6 Å². The highest BCUT2D eigenvalue weighted by molar-refractivity contribution is 7.92. The minimum atomic E-state index is -4.10. The number of nitrogens with zero attached hydrogens (tertiary/aromatic N) is 3. The van der Waals surface area contributed by atoms with E-state index in [2.05, 4.69) is 15.2 Å². The largest absolute Gasteiger partial charge is 0.490 e. The van der Waals surface area contributed by atoms with E-state index in [0.29, 0.717) is 24.5 Å². The molecule has 3 aromatic carbocycles. The lowest BCUT2D eigenvalue weighted by atomic mass is 10.0. The second-order valence-corrected chi connectivity index (χ2v) is 15.2. The molecular weight excluding hydrogens is 687 g/mol. The van der Waals surface area contributed by atoms with E-state index < -0.39 is 28.1 Å². The van der Waals surface area contributed by atoms with E-state index in [1.54, 1.807) is 35.9 Å². The number of ether oxygens (including phenoxy) is 2. The van der Waals surface area contributed by atoms with Gasteiger partial charge in [0.2, 0.25) is 0 Å². The maximum absolute atomic E-state index is 14.5. The van der Waals surface area contributed by atoms with Crippen LogP contribution in [-0.2, 0) is 14.8 Å². The number of aliphatic hydroxyl groups excluding tert-OH is 1. The van der Waals surface area contributed by atoms with Crippen molar-refractivity contribution in [3.63, 3.8) is 0 Å². The van der Waals surface area contributed by atoms with Crippen LogP contribution in [0.4, 0.5) is 16.2 Å². The number of aromatic nitrogens is 1. The number of urea groups is 1. The zero-order valence-corrected chi connectivity index (χ0v) is 31.4. The summed E-state index contributed by atoms with van der Waals surface area (Å²) in [7, 11) is -2.39. The number of aliphatic hydroxyl groups is 1. The van der Waals surface area contributed by atoms with Crippen molar-refractivity contribution in [2.24, 2.45) is 5.92 Å². The Labute approximate surface area is 305 Å². The van der Waals surface area contributed by atoms with Gasteiger partial charge in [-0.15, -0.1) is 0 Å². The lowest BCUT2D eigenvalue weighted by Gasteiger charge is -2.35. The summed E-state index contributed by atoms with van der Waals surface area (Å²) >= 11 is 0. The van der Waals surface area contributed by atoms with Crippen molar-refractivity contribution < 1.29 is 37.1 Å². The number of hydrogen-bond donors (Lipinski definition) is 3. The fraction of sp³-hybridized carbons (Fsp3) is 0.447. The van der Waals surface area contributed by atoms with Crippen LogP contribution in [0, 0.1) is 19.8 Å². The van der Waals surface area contributed by atoms with Crippen LogP contribution in [0.2, 0.25) is 0 Å². The lowest BCUT2D eigenvalue weighted by Crippen LogP contribution is -2.48. The molecule has 3 amide bonds. The molecule has 4 aromatic rings. The minimum absolute atomic E-state index is 0.0741. The summed E-state index contributed by atoms with van der Waals surface area (Å²) in [5.41, 5.74) is 1.20. The number of nitrogens with one attached hydrogen (secondary N) is 2. The standard InChI is InChI=1S/C38H49N5O8S/c1-24-21-43(25(2)23-44)37(45)32-20-30(41-52(47,48)36-27(4)40-51-28(36)5)17-18-34(32)50-26(3)12-9-10-19-49-35(24)22-42(6)38(46)39-33-16-11-14-29-13-7-8-15-31(29)33/h7-8,11,13-18,20,24-26,35,41,44H,9-10,12,19,21-23H2,1-6H3,(H,39,46)/t24-,25+,26+,35+/m1/s1. The first-order valence-electron chi connectivity index (χ1n) is 17.6. The molecule has 0 spiro atoms. The van der Waals surface area contributed by atoms with Gasteiger partial charge in [0.25, 0.3) is 15.9 Å². The second kappa shape index (κ2) is 16.8. The smallest absolute Gasteiger partial charge is 0.321 e. The van der Waals surface area contributed by atoms with Crippen LogP contribution in [0.3, 0.4) is 0 Å². The Balaban J connectivity index is 1.41. The Morgan fingerprint density at radius 1 is 1.10 bits per heavy atom. The number of likely N-dealkylation sites (N-methyl/N-ethyl adjacent to an activating group) is 1. The van der Waals surface area contributed by atoms with E-state index in [-0.39, 0.29) is 65.3 Å². The van der Waals surface area contributed by atoms with Gasteiger partial charge in [0.15, 0.2) is 10.7 Å². The summed E-state index contributed by atoms with van der Waals surface area (Å²) in [6.07, 6.45) is 1.52. The SMILES string of the molecule is Cc1noc(C)c1S(=O)(=O)Nc1ccc2c(c1)C(=O)N([C@@H](C)CO)C[C@@H](C)[C@H](CN(C)C(=O)Nc1cccc3ccccc13)OCCCC[C@H](C)O2. The normalized spacial score (nSPS) is 19.6. The van der Waals surface area contributed by atoms with Crippen LogP contribution in [0.5, 0.6) is 5.75 Å². The molecule has 1 aliphatic rings. The topological polar surface area (TPSA) is 164 Å². The van der Waals surface area contributed by atoms with Crippen molar-refractivity contribution in [2.75, 3.05) is 43.4 Å². The monoisotopic (exact) mass is 735 g/mol. The summed E-state index contributed by atoms with van der Waals surface area (Å²) in [6.45, 7) is 9.21. The fourth-order valence-corrected chi connectivity index (χ4v) is 7.79. The minimum Gasteiger partial charge on any atom is -0.490 e. The maximum atomic E-state index is 14.5. The number of amides is 3. The van der Waals surface area contributed by atoms with Crippen LogP contribution < -0.4 is 14.8 Å². The molecule has 0 saturated carbocycles. The molecule has 13 nitrogen and oxygen atoms in total. The molecule has 52 heavy (non-hydrogen) atoms. The molecule has 1 aromatic heterocycles. The predicted octanol–water partition coefficient (Wildman–Crippen LogP) is 6.20. The molecule has 4 atom stereocenters. The number of aryl methyl sites for hydroxylation is 2. The van der Waals surface area contributed by atoms with Crippen molar-refractivity contribution in [1.82, 2.24) is 15.0 Å². The van der Waals surface area contributed by atoms with Gasteiger partial charge in [0, 0.05) is 43.7 Å². The van der Waals surface area contributed by atoms with Gasteiger partial charge in [0.05, 0.1) is 36.1 Å². The third-order valence-corrected chi connectivity index (χ3v) is 11.0. The zero-order chi connectivity index (χ0) is 37.6. The predicted molar refractivity (Wildman–Crippen MR) is 199 cm³/mol. The Bertz CT molecular complexity index is 1960. The number of carbonyl (C=O) groups is 2. The summed E-state index contributed by atoms with van der Waals surface area (Å²) in [6, 6.07) is 17.3. The molecule has 0 bridgehead atoms. The van der Waals surface area contributed by atoms with Gasteiger partial charge >= 0.3 is 6.03 Å². The molecule has 14 heteroatoms. The van der Waals surface area contributed by atoms with Crippen LogP contribution in [0.15, 0.2) is 70.1 Å². The van der Waals surface area contributed by atoms with Gasteiger partial charge in [-0.1, -0.05) is 48.5 Å². The molecule has 1 aliphatic heterocycles. The summed E-state index contributed by atoms with van der Waals surface area (Å²) < 4.78 is 47.0. The summed E-state index contributed by atoms with van der Waals surface area (Å²) in [5, 5.41) is 19.0. The number of sulfonamides is 1. The molecule has 0 aliphatic carbocycles. The van der Waals surface area contributed by atoms with Crippen LogP contribution in [-0.4, -0.2) is 92.0 Å². The van der Waals surface area contributed by atoms with Gasteiger partial charge in [-0.25, -0.2) is 13.2 Å². The number of rotatable bonds is 8. The number of benzene rings is 3. The van der Waals surface area contributed by atoms with Crippen LogP contribution in [0.25, 0.3) is 10.8 Å². The molecular formula is C38H49N5O8S. The quantitative estimate of drug-likeness (QED) is 0.191. The lowest BCUT2D eigenvalue weighted by molar-refractivity contribution is -0.0115. The highest BCUT2D eigenvalue weighted by Gasteiger charge is 2.32. The van der Waals surface area contributed by atoms with E-state index in [1.165, 1.54) is 19.9 Å². The molecule has 0 saturated heterocycles. The molecule has 280 valence electrons. The van der Waals surface area contributed by atoms with Crippen LogP contribution >= 0.6 is 0 Å². The number of anilines is 2. The van der Waals surface area contributed by atoms with Gasteiger partial charge in [-0.05, 0) is 76.6 Å². The first-order chi connectivity index (χ1) is 24.8. The van der Waals surface area contributed by atoms with Gasteiger partial charge in [-0.2, -0.15) is 0 Å². The highest BCUT2D eigenvalue weighted by Crippen LogP contribution is 2.31. The Morgan fingerprint density at radius 3 is 2.58 bits per heavy atom. The highest BCUT2D eigenvalue weighted by atomic mass is 32.2. The molecule has 5 rings (SSSR count). The average molecular weight is 736 g/mol. The van der Waals surface area contributed by atoms with Crippen molar-refractivity contribution >= 4 is 44.1 Å². The Hall–Kier alpha value is -4.66. The summed E-state index contributed by atoms with van der Waals surface area (Å²) in [5.74, 6) is -0.290. The molecule has 3 N–H and O–H groups in total. The first-order valence-corrected chi connectivity index (χ1v) is 19.1. The first kappa shape index (κ1) is 38.6.